The molecule has 1 aromatic rings. The first-order valence-electron chi connectivity index (χ1n) is 6.81. The van der Waals surface area contributed by atoms with E-state index in [4.69, 9.17) is 23.2 Å². The molecule has 0 radical (unpaired) electrons. The summed E-state index contributed by atoms with van der Waals surface area (Å²) in [7, 11) is 0. The van der Waals surface area contributed by atoms with Crippen molar-refractivity contribution in [1.82, 2.24) is 0 Å². The van der Waals surface area contributed by atoms with Crippen molar-refractivity contribution in [2.24, 2.45) is 15.2 Å². The van der Waals surface area contributed by atoms with Crippen molar-refractivity contribution in [1.29, 1.82) is 0 Å². The van der Waals surface area contributed by atoms with Gasteiger partial charge in [0.25, 0.3) is 0 Å². The smallest absolute Gasteiger partial charge is 0.244 e. The monoisotopic (exact) mass is 383 g/mol. The van der Waals surface area contributed by atoms with Gasteiger partial charge in [0.15, 0.2) is 6.04 Å². The van der Waals surface area contributed by atoms with Crippen LogP contribution in [0, 0.1) is 0 Å². The highest BCUT2D eigenvalue weighted by Crippen LogP contribution is 2.40. The average Bonchev–Trinajstić information content (AvgIpc) is 2.86. The molecular formula is C14H14Cl2F3N3S. The highest BCUT2D eigenvalue weighted by Gasteiger charge is 2.50. The molecule has 0 aromatic heterocycles. The zero-order chi connectivity index (χ0) is 17.3. The fourth-order valence-electron chi connectivity index (χ4n) is 2.08. The Balaban J connectivity index is 2.33. The lowest BCUT2D eigenvalue weighted by molar-refractivity contribution is -0.147. The third kappa shape index (κ3) is 4.39. The number of thioether (sulfide) groups is 1. The van der Waals surface area contributed by atoms with Crippen LogP contribution in [0.3, 0.4) is 0 Å². The standard InChI is InChI=1S/C14H14Cl2F3N3S/c1-3-23-12(20-8-4-5-9(15)10(16)6-8)13(2)7-11(21-22-13)14(17,18)19/h4-6,11H,3,7H2,1-2H3. The van der Waals surface area contributed by atoms with Gasteiger partial charge in [0.2, 0.25) is 0 Å². The fourth-order valence-corrected chi connectivity index (χ4v) is 3.25. The van der Waals surface area contributed by atoms with E-state index in [1.165, 1.54) is 11.8 Å². The van der Waals surface area contributed by atoms with Gasteiger partial charge in [0, 0.05) is 6.42 Å². The molecule has 1 heterocycles. The summed E-state index contributed by atoms with van der Waals surface area (Å²) in [6, 6.07) is 3.02. The van der Waals surface area contributed by atoms with Gasteiger partial charge < -0.3 is 0 Å². The lowest BCUT2D eigenvalue weighted by Crippen LogP contribution is -2.35. The van der Waals surface area contributed by atoms with E-state index in [1.54, 1.807) is 25.1 Å². The minimum absolute atomic E-state index is 0.246. The van der Waals surface area contributed by atoms with Crippen LogP contribution >= 0.6 is 35.0 Å². The van der Waals surface area contributed by atoms with E-state index < -0.39 is 17.8 Å². The van der Waals surface area contributed by atoms with E-state index in [0.29, 0.717) is 26.5 Å². The van der Waals surface area contributed by atoms with Gasteiger partial charge in [-0.1, -0.05) is 30.1 Å². The molecule has 0 spiro atoms. The van der Waals surface area contributed by atoms with Crippen LogP contribution in [0.5, 0.6) is 0 Å². The molecule has 126 valence electrons. The molecule has 0 amide bonds. The Morgan fingerprint density at radius 1 is 1.39 bits per heavy atom. The molecule has 0 N–H and O–H groups in total. The number of nitrogens with zero attached hydrogens (tertiary/aromatic N) is 3. The topological polar surface area (TPSA) is 37.1 Å². The molecular weight excluding hydrogens is 370 g/mol. The Bertz CT molecular complexity index is 649. The van der Waals surface area contributed by atoms with Gasteiger partial charge in [-0.15, -0.1) is 11.8 Å². The van der Waals surface area contributed by atoms with Gasteiger partial charge >= 0.3 is 6.18 Å². The van der Waals surface area contributed by atoms with Gasteiger partial charge in [-0.3, -0.25) is 0 Å². The maximum absolute atomic E-state index is 12.8. The first-order valence-corrected chi connectivity index (χ1v) is 8.55. The van der Waals surface area contributed by atoms with Crippen LogP contribution in [0.25, 0.3) is 0 Å². The zero-order valence-electron chi connectivity index (χ0n) is 12.4. The van der Waals surface area contributed by atoms with Crippen LogP contribution in [0.15, 0.2) is 33.4 Å². The van der Waals surface area contributed by atoms with Crippen molar-refractivity contribution in [2.75, 3.05) is 5.75 Å². The van der Waals surface area contributed by atoms with Crippen LogP contribution in [0.4, 0.5) is 18.9 Å². The van der Waals surface area contributed by atoms with E-state index in [9.17, 15) is 13.2 Å². The number of alkyl halides is 3. The van der Waals surface area contributed by atoms with Crippen molar-refractivity contribution in [2.45, 2.75) is 38.0 Å². The molecule has 2 rings (SSSR count). The van der Waals surface area contributed by atoms with Crippen LogP contribution < -0.4 is 0 Å². The third-order valence-electron chi connectivity index (χ3n) is 3.26. The summed E-state index contributed by atoms with van der Waals surface area (Å²) in [6.07, 6.45) is -4.64. The summed E-state index contributed by atoms with van der Waals surface area (Å²) in [5.74, 6) is 0.655. The van der Waals surface area contributed by atoms with Crippen LogP contribution in [-0.4, -0.2) is 28.6 Å². The number of benzene rings is 1. The minimum Gasteiger partial charge on any atom is -0.244 e. The van der Waals surface area contributed by atoms with Crippen LogP contribution in [0.2, 0.25) is 10.0 Å². The maximum atomic E-state index is 12.8. The lowest BCUT2D eigenvalue weighted by Gasteiger charge is -2.22. The minimum atomic E-state index is -4.40. The van der Waals surface area contributed by atoms with E-state index in [0.717, 1.165) is 0 Å². The Morgan fingerprint density at radius 3 is 2.61 bits per heavy atom. The van der Waals surface area contributed by atoms with E-state index in [1.807, 2.05) is 6.92 Å². The second-order valence-electron chi connectivity index (χ2n) is 5.20. The molecule has 2 atom stereocenters. The fraction of sp³-hybridized carbons (Fsp3) is 0.500. The molecule has 9 heteroatoms. The summed E-state index contributed by atoms with van der Waals surface area (Å²) < 4.78 is 38.5. The van der Waals surface area contributed by atoms with Crippen LogP contribution in [-0.2, 0) is 0 Å². The predicted molar refractivity (Wildman–Crippen MR) is 89.4 cm³/mol. The summed E-state index contributed by atoms with van der Waals surface area (Å²) in [5.41, 5.74) is -0.574. The normalized spacial score (nSPS) is 25.2. The molecule has 0 saturated carbocycles. The predicted octanol–water partition coefficient (Wildman–Crippen LogP) is 6.32. The number of halogens is 5. The number of azo groups is 1. The third-order valence-corrected chi connectivity index (χ3v) is 5.09. The lowest BCUT2D eigenvalue weighted by atomic mass is 9.96. The Kier molecular flexibility index (Phi) is 5.63. The second-order valence-corrected chi connectivity index (χ2v) is 7.27. The van der Waals surface area contributed by atoms with Crippen molar-refractivity contribution in [3.05, 3.63) is 28.2 Å². The molecule has 0 bridgehead atoms. The number of hydrogen-bond acceptors (Lipinski definition) is 4. The van der Waals surface area contributed by atoms with Gasteiger partial charge in [0.05, 0.1) is 15.7 Å². The number of aliphatic imine (C=N–C) groups is 1. The summed E-state index contributed by atoms with van der Waals surface area (Å²) in [4.78, 5) is 4.44. The average molecular weight is 384 g/mol. The van der Waals surface area contributed by atoms with Gasteiger partial charge in [0.1, 0.15) is 10.6 Å². The Morgan fingerprint density at radius 2 is 2.09 bits per heavy atom. The van der Waals surface area contributed by atoms with E-state index in [2.05, 4.69) is 15.2 Å². The largest absolute Gasteiger partial charge is 0.412 e. The molecule has 0 fully saturated rings. The van der Waals surface area contributed by atoms with Crippen molar-refractivity contribution in [3.8, 4) is 0 Å². The van der Waals surface area contributed by atoms with Crippen LogP contribution in [0.1, 0.15) is 20.3 Å². The molecule has 1 aliphatic rings. The van der Waals surface area contributed by atoms with Crippen molar-refractivity contribution in [3.63, 3.8) is 0 Å². The Labute approximate surface area is 146 Å². The second kappa shape index (κ2) is 6.99. The molecule has 3 nitrogen and oxygen atoms in total. The first kappa shape index (κ1) is 18.5. The summed E-state index contributed by atoms with van der Waals surface area (Å²) >= 11 is 13.2. The molecule has 23 heavy (non-hydrogen) atoms. The zero-order valence-corrected chi connectivity index (χ0v) is 14.7. The van der Waals surface area contributed by atoms with E-state index in [-0.39, 0.29) is 6.42 Å². The SMILES string of the molecule is CCSC(=Nc1ccc(Cl)c(Cl)c1)C1(C)CC(C(F)(F)F)N=N1. The molecule has 0 aliphatic carbocycles. The summed E-state index contributed by atoms with van der Waals surface area (Å²) in [5, 5.41) is 8.46. The maximum Gasteiger partial charge on any atom is 0.412 e. The molecule has 1 aromatic carbocycles. The molecule has 0 saturated heterocycles. The Hall–Kier alpha value is -0.790. The molecule has 2 unspecified atom stereocenters. The molecule has 1 aliphatic heterocycles. The van der Waals surface area contributed by atoms with Crippen molar-refractivity contribution >= 4 is 45.7 Å². The highest BCUT2D eigenvalue weighted by molar-refractivity contribution is 8.14. The summed E-state index contributed by atoms with van der Waals surface area (Å²) in [6.45, 7) is 3.51. The first-order chi connectivity index (χ1) is 10.7. The van der Waals surface area contributed by atoms with Gasteiger partial charge in [-0.2, -0.15) is 23.4 Å². The van der Waals surface area contributed by atoms with Gasteiger partial charge in [-0.05, 0) is 30.9 Å². The highest BCUT2D eigenvalue weighted by atomic mass is 35.5. The number of hydrogen-bond donors (Lipinski definition) is 0. The number of rotatable bonds is 3. The van der Waals surface area contributed by atoms with Crippen molar-refractivity contribution < 1.29 is 13.2 Å². The van der Waals surface area contributed by atoms with Gasteiger partial charge in [-0.25, -0.2) is 4.99 Å². The quantitative estimate of drug-likeness (QED) is 0.444. The van der Waals surface area contributed by atoms with E-state index >= 15 is 0 Å².